The number of carbonyl (C=O) groups is 1. The molecule has 1 N–H and O–H groups in total. The molecule has 3 aromatic rings. The van der Waals surface area contributed by atoms with Gasteiger partial charge in [-0.25, -0.2) is 9.67 Å². The predicted molar refractivity (Wildman–Crippen MR) is 95.9 cm³/mol. The van der Waals surface area contributed by atoms with E-state index in [9.17, 15) is 4.79 Å². The molecule has 25 heavy (non-hydrogen) atoms. The van der Waals surface area contributed by atoms with Gasteiger partial charge in [-0.2, -0.15) is 5.10 Å². The highest BCUT2D eigenvalue weighted by Crippen LogP contribution is 2.14. The van der Waals surface area contributed by atoms with E-state index in [0.717, 1.165) is 17.0 Å². The van der Waals surface area contributed by atoms with Gasteiger partial charge in [-0.1, -0.05) is 12.1 Å². The zero-order valence-corrected chi connectivity index (χ0v) is 14.5. The summed E-state index contributed by atoms with van der Waals surface area (Å²) in [5.41, 5.74) is 4.19. The zero-order chi connectivity index (χ0) is 17.8. The predicted octanol–water partition coefficient (Wildman–Crippen LogP) is 3.28. The first-order valence-corrected chi connectivity index (χ1v) is 7.96. The first kappa shape index (κ1) is 16.9. The highest BCUT2D eigenvalue weighted by molar-refractivity contribution is 6.04. The smallest absolute Gasteiger partial charge is 0.255 e. The summed E-state index contributed by atoms with van der Waals surface area (Å²) in [6.07, 6.45) is 1.63. The molecule has 6 heteroatoms. The van der Waals surface area contributed by atoms with Gasteiger partial charge < -0.3 is 10.1 Å². The van der Waals surface area contributed by atoms with Gasteiger partial charge in [0, 0.05) is 18.4 Å². The molecule has 0 aliphatic carbocycles. The largest absolute Gasteiger partial charge is 0.380 e. The summed E-state index contributed by atoms with van der Waals surface area (Å²) in [5.74, 6) is 0.539. The van der Waals surface area contributed by atoms with Crippen LogP contribution < -0.4 is 5.32 Å². The monoisotopic (exact) mass is 336 g/mol. The van der Waals surface area contributed by atoms with E-state index in [2.05, 4.69) is 15.4 Å². The Morgan fingerprint density at radius 2 is 1.92 bits per heavy atom. The molecule has 0 aliphatic rings. The van der Waals surface area contributed by atoms with Crippen LogP contribution in [0.5, 0.6) is 0 Å². The Morgan fingerprint density at radius 3 is 2.48 bits per heavy atom. The Balaban J connectivity index is 1.70. The van der Waals surface area contributed by atoms with Crippen LogP contribution in [-0.2, 0) is 11.3 Å². The molecular weight excluding hydrogens is 316 g/mol. The number of ether oxygens (including phenoxy) is 1. The Bertz CT molecular complexity index is 867. The minimum absolute atomic E-state index is 0.176. The lowest BCUT2D eigenvalue weighted by molar-refractivity contribution is 0.102. The summed E-state index contributed by atoms with van der Waals surface area (Å²) in [4.78, 5) is 16.7. The Hall–Kier alpha value is -2.99. The van der Waals surface area contributed by atoms with Crippen LogP contribution in [0.2, 0.25) is 0 Å². The van der Waals surface area contributed by atoms with Crippen LogP contribution in [-0.4, -0.2) is 27.8 Å². The molecule has 2 heterocycles. The van der Waals surface area contributed by atoms with Crippen molar-refractivity contribution in [3.05, 3.63) is 71.2 Å². The number of methoxy groups -OCH3 is 1. The number of aryl methyl sites for hydroxylation is 2. The molecule has 2 aromatic heterocycles. The molecule has 0 fully saturated rings. The third-order valence-corrected chi connectivity index (χ3v) is 3.76. The van der Waals surface area contributed by atoms with Gasteiger partial charge in [-0.05, 0) is 49.7 Å². The SMILES string of the molecule is COCc1ccc(C(=O)Nc2ccc(-n3nc(C)cc3C)nc2)cc1. The second kappa shape index (κ2) is 7.27. The van der Waals surface area contributed by atoms with Gasteiger partial charge in [0.25, 0.3) is 5.91 Å². The first-order valence-electron chi connectivity index (χ1n) is 7.96. The van der Waals surface area contributed by atoms with Gasteiger partial charge in [0.2, 0.25) is 0 Å². The van der Waals surface area contributed by atoms with Crippen LogP contribution in [0.1, 0.15) is 27.3 Å². The fraction of sp³-hybridized carbons (Fsp3) is 0.211. The molecule has 0 saturated heterocycles. The molecule has 1 aromatic carbocycles. The van der Waals surface area contributed by atoms with Crippen molar-refractivity contribution in [2.45, 2.75) is 20.5 Å². The van der Waals surface area contributed by atoms with Gasteiger partial charge in [-0.15, -0.1) is 0 Å². The number of hydrogen-bond donors (Lipinski definition) is 1. The van der Waals surface area contributed by atoms with Crippen molar-refractivity contribution in [3.8, 4) is 5.82 Å². The van der Waals surface area contributed by atoms with Crippen molar-refractivity contribution < 1.29 is 9.53 Å². The quantitative estimate of drug-likeness (QED) is 0.776. The second-order valence-corrected chi connectivity index (χ2v) is 5.83. The number of aromatic nitrogens is 3. The number of nitrogens with one attached hydrogen (secondary N) is 1. The van der Waals surface area contributed by atoms with Crippen molar-refractivity contribution in [3.63, 3.8) is 0 Å². The summed E-state index contributed by atoms with van der Waals surface area (Å²) < 4.78 is 6.84. The van der Waals surface area contributed by atoms with Crippen LogP contribution in [0.15, 0.2) is 48.7 Å². The minimum atomic E-state index is -0.176. The first-order chi connectivity index (χ1) is 12.1. The number of amides is 1. The molecule has 0 radical (unpaired) electrons. The Morgan fingerprint density at radius 1 is 1.16 bits per heavy atom. The number of carbonyl (C=O) groups excluding carboxylic acids is 1. The number of benzene rings is 1. The maximum Gasteiger partial charge on any atom is 0.255 e. The fourth-order valence-corrected chi connectivity index (χ4v) is 2.57. The van der Waals surface area contributed by atoms with Crippen LogP contribution in [0.25, 0.3) is 5.82 Å². The van der Waals surface area contributed by atoms with Crippen molar-refractivity contribution >= 4 is 11.6 Å². The normalized spacial score (nSPS) is 10.7. The summed E-state index contributed by atoms with van der Waals surface area (Å²) in [5, 5.41) is 7.24. The maximum absolute atomic E-state index is 12.3. The Labute approximate surface area is 146 Å². The molecule has 1 amide bonds. The van der Waals surface area contributed by atoms with Crippen molar-refractivity contribution in [1.82, 2.24) is 14.8 Å². The van der Waals surface area contributed by atoms with Crippen LogP contribution in [0, 0.1) is 13.8 Å². The van der Waals surface area contributed by atoms with Gasteiger partial charge >= 0.3 is 0 Å². The van der Waals surface area contributed by atoms with E-state index in [1.165, 1.54) is 0 Å². The van der Waals surface area contributed by atoms with E-state index in [-0.39, 0.29) is 5.91 Å². The number of nitrogens with zero attached hydrogens (tertiary/aromatic N) is 3. The number of hydrogen-bond acceptors (Lipinski definition) is 4. The molecule has 0 aliphatic heterocycles. The lowest BCUT2D eigenvalue weighted by Gasteiger charge is -2.08. The lowest BCUT2D eigenvalue weighted by Crippen LogP contribution is -2.12. The zero-order valence-electron chi connectivity index (χ0n) is 14.5. The summed E-state index contributed by atoms with van der Waals surface area (Å²) >= 11 is 0. The van der Waals surface area contributed by atoms with Gasteiger partial charge in [0.15, 0.2) is 5.82 Å². The highest BCUT2D eigenvalue weighted by atomic mass is 16.5. The van der Waals surface area contributed by atoms with Crippen molar-refractivity contribution in [2.75, 3.05) is 12.4 Å². The standard InChI is InChI=1S/C19H20N4O2/c1-13-10-14(2)23(22-13)18-9-8-17(11-20-18)21-19(24)16-6-4-15(5-7-16)12-25-3/h4-11H,12H2,1-3H3,(H,21,24). The third kappa shape index (κ3) is 3.92. The van der Waals surface area contributed by atoms with Crippen molar-refractivity contribution in [2.24, 2.45) is 0 Å². The van der Waals surface area contributed by atoms with E-state index in [4.69, 9.17) is 4.74 Å². The minimum Gasteiger partial charge on any atom is -0.380 e. The summed E-state index contributed by atoms with van der Waals surface area (Å²) in [6.45, 7) is 4.44. The van der Waals surface area contributed by atoms with E-state index in [1.807, 2.05) is 44.2 Å². The van der Waals surface area contributed by atoms with E-state index in [1.54, 1.807) is 30.1 Å². The molecule has 0 unspecified atom stereocenters. The van der Waals surface area contributed by atoms with Gasteiger partial charge in [0.1, 0.15) is 0 Å². The van der Waals surface area contributed by atoms with Gasteiger partial charge in [-0.3, -0.25) is 4.79 Å². The molecule has 0 saturated carbocycles. The summed E-state index contributed by atoms with van der Waals surface area (Å²) in [7, 11) is 1.64. The van der Waals surface area contributed by atoms with Gasteiger partial charge in [0.05, 0.1) is 24.2 Å². The topological polar surface area (TPSA) is 69.0 Å². The van der Waals surface area contributed by atoms with Crippen LogP contribution in [0.4, 0.5) is 5.69 Å². The van der Waals surface area contributed by atoms with Crippen LogP contribution in [0.3, 0.4) is 0 Å². The third-order valence-electron chi connectivity index (χ3n) is 3.76. The fourth-order valence-electron chi connectivity index (χ4n) is 2.57. The van der Waals surface area contributed by atoms with E-state index < -0.39 is 0 Å². The molecule has 0 spiro atoms. The second-order valence-electron chi connectivity index (χ2n) is 5.83. The molecular formula is C19H20N4O2. The van der Waals surface area contributed by atoms with E-state index in [0.29, 0.717) is 23.7 Å². The lowest BCUT2D eigenvalue weighted by atomic mass is 10.1. The summed E-state index contributed by atoms with van der Waals surface area (Å²) in [6, 6.07) is 12.9. The Kier molecular flexibility index (Phi) is 4.90. The molecule has 128 valence electrons. The number of pyridine rings is 1. The van der Waals surface area contributed by atoms with E-state index >= 15 is 0 Å². The number of anilines is 1. The maximum atomic E-state index is 12.3. The highest BCUT2D eigenvalue weighted by Gasteiger charge is 2.08. The average molecular weight is 336 g/mol. The van der Waals surface area contributed by atoms with Crippen LogP contribution >= 0.6 is 0 Å². The molecule has 6 nitrogen and oxygen atoms in total. The molecule has 0 bridgehead atoms. The molecule has 3 rings (SSSR count). The number of rotatable bonds is 5. The average Bonchev–Trinajstić information content (AvgIpc) is 2.95. The van der Waals surface area contributed by atoms with Crippen molar-refractivity contribution in [1.29, 1.82) is 0 Å². The molecule has 0 atom stereocenters.